The number of ether oxygens (including phenoxy) is 2. The van der Waals surface area contributed by atoms with Crippen molar-refractivity contribution in [2.45, 2.75) is 30.0 Å². The number of carbonyl (C=O) groups is 3. The number of hydrogen-bond donors (Lipinski definition) is 2. The van der Waals surface area contributed by atoms with Crippen molar-refractivity contribution < 1.29 is 29.0 Å². The minimum atomic E-state index is -1.23. The first-order valence-corrected chi connectivity index (χ1v) is 9.24. The molecule has 1 fully saturated rings. The molecule has 0 aromatic heterocycles. The second-order valence-corrected chi connectivity index (χ2v) is 7.58. The fourth-order valence-electron chi connectivity index (χ4n) is 3.16. The van der Waals surface area contributed by atoms with Crippen LogP contribution in [0.15, 0.2) is 35.5 Å². The molecule has 0 spiro atoms. The van der Waals surface area contributed by atoms with E-state index in [1.807, 2.05) is 24.3 Å². The van der Waals surface area contributed by atoms with E-state index >= 15 is 0 Å². The van der Waals surface area contributed by atoms with Gasteiger partial charge in [0.15, 0.2) is 0 Å². The average Bonchev–Trinajstić information content (AvgIpc) is 2.65. The van der Waals surface area contributed by atoms with Crippen molar-refractivity contribution in [2.75, 3.05) is 13.7 Å². The lowest BCUT2D eigenvalue weighted by molar-refractivity contribution is -0.148. The summed E-state index contributed by atoms with van der Waals surface area (Å²) >= 11 is 1.42. The molecule has 144 valence electrons. The highest BCUT2D eigenvalue weighted by molar-refractivity contribution is 8.00. The standard InChI is InChI=1S/C18H20N2O6S/c1-9(21)26-8-12-13(7-10-3-5-11(25-2)6-4-10)27-17-14(19)16(22)20(17)15(12)18(23)24/h3-6,13-14,17H,7-8,19H2,1-2H3,(H,23,24)/t13?,14?,17-/m1/s1. The van der Waals surface area contributed by atoms with E-state index in [1.54, 1.807) is 7.11 Å². The minimum absolute atomic E-state index is 0.134. The Labute approximate surface area is 160 Å². The van der Waals surface area contributed by atoms with Crippen LogP contribution < -0.4 is 10.5 Å². The molecule has 2 unspecified atom stereocenters. The Morgan fingerprint density at radius 2 is 1.96 bits per heavy atom. The number of aliphatic carboxylic acids is 1. The summed E-state index contributed by atoms with van der Waals surface area (Å²) in [6.07, 6.45) is 0.507. The predicted molar refractivity (Wildman–Crippen MR) is 98.0 cm³/mol. The van der Waals surface area contributed by atoms with Crippen molar-refractivity contribution in [3.8, 4) is 5.75 Å². The van der Waals surface area contributed by atoms with E-state index in [0.717, 1.165) is 11.3 Å². The number of β-lactam (4-membered cyclic amide) rings is 1. The van der Waals surface area contributed by atoms with Crippen molar-refractivity contribution in [1.82, 2.24) is 4.90 Å². The summed E-state index contributed by atoms with van der Waals surface area (Å²) in [4.78, 5) is 36.4. The van der Waals surface area contributed by atoms with Gasteiger partial charge in [-0.05, 0) is 24.1 Å². The summed E-state index contributed by atoms with van der Waals surface area (Å²) < 4.78 is 10.2. The van der Waals surface area contributed by atoms with E-state index in [2.05, 4.69) is 0 Å². The number of carboxylic acid groups (broad SMARTS) is 1. The Morgan fingerprint density at radius 3 is 2.52 bits per heavy atom. The van der Waals surface area contributed by atoms with Gasteiger partial charge in [-0.1, -0.05) is 12.1 Å². The normalized spacial score (nSPS) is 24.2. The number of nitrogens with two attached hydrogens (primary N) is 1. The SMILES string of the molecule is COc1ccc(CC2S[C@@H]3C(N)C(=O)N3C(C(=O)O)=C2COC(C)=O)cc1. The number of esters is 1. The monoisotopic (exact) mass is 392 g/mol. The summed E-state index contributed by atoms with van der Waals surface area (Å²) in [6.45, 7) is 1.07. The Balaban J connectivity index is 1.95. The second kappa shape index (κ2) is 7.61. The molecule has 0 bridgehead atoms. The van der Waals surface area contributed by atoms with E-state index in [1.165, 1.54) is 23.6 Å². The first-order chi connectivity index (χ1) is 12.8. The average molecular weight is 392 g/mol. The number of benzene rings is 1. The van der Waals surface area contributed by atoms with Gasteiger partial charge in [-0.2, -0.15) is 0 Å². The first-order valence-electron chi connectivity index (χ1n) is 8.30. The lowest BCUT2D eigenvalue weighted by atomic mass is 9.98. The fraction of sp³-hybridized carbons (Fsp3) is 0.389. The maximum Gasteiger partial charge on any atom is 0.352 e. The molecule has 2 heterocycles. The number of fused-ring (bicyclic) bond motifs is 1. The smallest absolute Gasteiger partial charge is 0.352 e. The zero-order chi connectivity index (χ0) is 19.7. The molecule has 2 aliphatic heterocycles. The van der Waals surface area contributed by atoms with Crippen molar-refractivity contribution in [1.29, 1.82) is 0 Å². The molecule has 9 heteroatoms. The van der Waals surface area contributed by atoms with E-state index in [4.69, 9.17) is 15.2 Å². The van der Waals surface area contributed by atoms with Crippen LogP contribution in [0.3, 0.4) is 0 Å². The molecule has 8 nitrogen and oxygen atoms in total. The molecular formula is C18H20N2O6S. The van der Waals surface area contributed by atoms with Gasteiger partial charge in [0.2, 0.25) is 5.91 Å². The lowest BCUT2D eigenvalue weighted by Crippen LogP contribution is -2.69. The van der Waals surface area contributed by atoms with Gasteiger partial charge in [-0.3, -0.25) is 14.5 Å². The molecule has 1 saturated heterocycles. The fourth-order valence-corrected chi connectivity index (χ4v) is 4.74. The predicted octanol–water partition coefficient (Wildman–Crippen LogP) is 0.750. The summed E-state index contributed by atoms with van der Waals surface area (Å²) in [6, 6.07) is 6.68. The molecule has 3 rings (SSSR count). The number of methoxy groups -OCH3 is 1. The van der Waals surface area contributed by atoms with Crippen molar-refractivity contribution >= 4 is 29.6 Å². The van der Waals surface area contributed by atoms with Gasteiger partial charge < -0.3 is 20.3 Å². The Hall–Kier alpha value is -2.52. The minimum Gasteiger partial charge on any atom is -0.497 e. The molecule has 3 N–H and O–H groups in total. The third kappa shape index (κ3) is 3.65. The molecule has 0 aliphatic carbocycles. The molecule has 1 aromatic carbocycles. The van der Waals surface area contributed by atoms with Gasteiger partial charge in [0.1, 0.15) is 29.5 Å². The number of rotatable bonds is 6. The highest BCUT2D eigenvalue weighted by Crippen LogP contribution is 2.44. The number of carboxylic acids is 1. The quantitative estimate of drug-likeness (QED) is 0.538. The van der Waals surface area contributed by atoms with E-state index < -0.39 is 29.3 Å². The van der Waals surface area contributed by atoms with Crippen LogP contribution in [-0.2, 0) is 25.5 Å². The van der Waals surface area contributed by atoms with Crippen molar-refractivity contribution in [3.63, 3.8) is 0 Å². The van der Waals surface area contributed by atoms with Gasteiger partial charge in [0.05, 0.1) is 7.11 Å². The molecule has 0 saturated carbocycles. The van der Waals surface area contributed by atoms with Gasteiger partial charge in [0.25, 0.3) is 0 Å². The zero-order valence-corrected chi connectivity index (χ0v) is 15.7. The van der Waals surface area contributed by atoms with Crippen LogP contribution in [0.2, 0.25) is 0 Å². The molecule has 1 aromatic rings. The van der Waals surface area contributed by atoms with Crippen LogP contribution in [0.4, 0.5) is 0 Å². The third-order valence-electron chi connectivity index (χ3n) is 4.54. The largest absolute Gasteiger partial charge is 0.497 e. The van der Waals surface area contributed by atoms with Crippen LogP contribution in [-0.4, -0.2) is 58.2 Å². The van der Waals surface area contributed by atoms with Gasteiger partial charge >= 0.3 is 11.9 Å². The van der Waals surface area contributed by atoms with E-state index in [-0.39, 0.29) is 17.6 Å². The molecule has 3 atom stereocenters. The third-order valence-corrected chi connectivity index (χ3v) is 6.10. The summed E-state index contributed by atoms with van der Waals surface area (Å²) in [5, 5.41) is 8.97. The van der Waals surface area contributed by atoms with Crippen molar-refractivity contribution in [3.05, 3.63) is 41.1 Å². The van der Waals surface area contributed by atoms with Gasteiger partial charge in [-0.25, -0.2) is 4.79 Å². The highest BCUT2D eigenvalue weighted by atomic mass is 32.2. The van der Waals surface area contributed by atoms with E-state index in [0.29, 0.717) is 12.0 Å². The van der Waals surface area contributed by atoms with Crippen LogP contribution >= 0.6 is 11.8 Å². The topological polar surface area (TPSA) is 119 Å². The molecule has 1 amide bonds. The number of hydrogen-bond acceptors (Lipinski definition) is 7. The number of carbonyl (C=O) groups excluding carboxylic acids is 2. The lowest BCUT2D eigenvalue weighted by Gasteiger charge is -2.50. The maximum absolute atomic E-state index is 12.1. The summed E-state index contributed by atoms with van der Waals surface area (Å²) in [7, 11) is 1.58. The Morgan fingerprint density at radius 1 is 1.30 bits per heavy atom. The number of thioether (sulfide) groups is 1. The van der Waals surface area contributed by atoms with E-state index in [9.17, 15) is 19.5 Å². The highest BCUT2D eigenvalue weighted by Gasteiger charge is 2.54. The van der Waals surface area contributed by atoms with Crippen molar-refractivity contribution in [2.24, 2.45) is 5.73 Å². The zero-order valence-electron chi connectivity index (χ0n) is 14.9. The van der Waals surface area contributed by atoms with Gasteiger partial charge in [0, 0.05) is 17.7 Å². The summed E-state index contributed by atoms with van der Waals surface area (Å²) in [5.41, 5.74) is 7.10. The first kappa shape index (κ1) is 19.2. The van der Waals surface area contributed by atoms with Crippen LogP contribution in [0.5, 0.6) is 5.75 Å². The number of nitrogens with zero attached hydrogens (tertiary/aromatic N) is 1. The van der Waals surface area contributed by atoms with Crippen LogP contribution in [0, 0.1) is 0 Å². The second-order valence-electron chi connectivity index (χ2n) is 6.26. The van der Waals surface area contributed by atoms with Crippen LogP contribution in [0.1, 0.15) is 12.5 Å². The molecule has 2 aliphatic rings. The molecule has 0 radical (unpaired) electrons. The molecular weight excluding hydrogens is 372 g/mol. The Bertz CT molecular complexity index is 807. The summed E-state index contributed by atoms with van der Waals surface area (Å²) in [5.74, 6) is -1.47. The van der Waals surface area contributed by atoms with Gasteiger partial charge in [-0.15, -0.1) is 11.8 Å². The van der Waals surface area contributed by atoms with Crippen LogP contribution in [0.25, 0.3) is 0 Å². The number of amides is 1. The Kier molecular flexibility index (Phi) is 5.43. The maximum atomic E-state index is 12.1. The molecule has 27 heavy (non-hydrogen) atoms.